The molecule has 1 N–H and O–H groups in total. The van der Waals surface area contributed by atoms with E-state index in [0.29, 0.717) is 13.2 Å². The SMILES string of the molecule is CN(Cc1ccc2c(c1)OCO2)CC(O)COC1CCCc2ccccc21. The van der Waals surface area contributed by atoms with Crippen molar-refractivity contribution in [3.8, 4) is 11.5 Å². The van der Waals surface area contributed by atoms with Crippen molar-refractivity contribution >= 4 is 0 Å². The molecule has 1 aliphatic carbocycles. The van der Waals surface area contributed by atoms with E-state index in [4.69, 9.17) is 14.2 Å². The third kappa shape index (κ3) is 4.43. The summed E-state index contributed by atoms with van der Waals surface area (Å²) in [5.74, 6) is 1.59. The summed E-state index contributed by atoms with van der Waals surface area (Å²) in [6, 6.07) is 14.5. The highest BCUT2D eigenvalue weighted by Gasteiger charge is 2.21. The summed E-state index contributed by atoms with van der Waals surface area (Å²) in [5.41, 5.74) is 3.80. The van der Waals surface area contributed by atoms with Gasteiger partial charge in [0.2, 0.25) is 6.79 Å². The van der Waals surface area contributed by atoms with E-state index in [9.17, 15) is 5.11 Å². The van der Waals surface area contributed by atoms with E-state index >= 15 is 0 Å². The van der Waals surface area contributed by atoms with Gasteiger partial charge >= 0.3 is 0 Å². The lowest BCUT2D eigenvalue weighted by Crippen LogP contribution is -2.32. The summed E-state index contributed by atoms with van der Waals surface area (Å²) in [6.45, 7) is 1.93. The second-order valence-electron chi connectivity index (χ2n) is 7.45. The Morgan fingerprint density at radius 1 is 1.19 bits per heavy atom. The number of hydrogen-bond acceptors (Lipinski definition) is 5. The molecular weight excluding hydrogens is 342 g/mol. The summed E-state index contributed by atoms with van der Waals surface area (Å²) in [5, 5.41) is 10.4. The first kappa shape index (κ1) is 18.3. The molecule has 1 heterocycles. The van der Waals surface area contributed by atoms with Crippen LogP contribution in [0.1, 0.15) is 35.6 Å². The Morgan fingerprint density at radius 3 is 2.96 bits per heavy atom. The van der Waals surface area contributed by atoms with Crippen LogP contribution in [-0.4, -0.2) is 43.1 Å². The molecule has 27 heavy (non-hydrogen) atoms. The molecule has 2 aliphatic rings. The highest BCUT2D eigenvalue weighted by Crippen LogP contribution is 2.33. The van der Waals surface area contributed by atoms with Gasteiger partial charge in [-0.25, -0.2) is 0 Å². The van der Waals surface area contributed by atoms with Crippen molar-refractivity contribution in [2.24, 2.45) is 0 Å². The van der Waals surface area contributed by atoms with Crippen LogP contribution in [0.15, 0.2) is 42.5 Å². The van der Waals surface area contributed by atoms with E-state index in [0.717, 1.165) is 42.9 Å². The molecule has 0 amide bonds. The Balaban J connectivity index is 1.26. The monoisotopic (exact) mass is 369 g/mol. The zero-order chi connectivity index (χ0) is 18.6. The molecule has 0 bridgehead atoms. The van der Waals surface area contributed by atoms with Crippen molar-refractivity contribution in [1.29, 1.82) is 0 Å². The molecule has 0 fully saturated rings. The number of rotatable bonds is 7. The third-order valence-corrected chi connectivity index (χ3v) is 5.22. The van der Waals surface area contributed by atoms with Crippen LogP contribution >= 0.6 is 0 Å². The second kappa shape index (κ2) is 8.30. The molecule has 0 aromatic heterocycles. The highest BCUT2D eigenvalue weighted by molar-refractivity contribution is 5.44. The minimum atomic E-state index is -0.516. The predicted octanol–water partition coefficient (Wildman–Crippen LogP) is 3.30. The average molecular weight is 369 g/mol. The molecule has 2 atom stereocenters. The fourth-order valence-corrected chi connectivity index (χ4v) is 3.94. The quantitative estimate of drug-likeness (QED) is 0.812. The van der Waals surface area contributed by atoms with E-state index in [-0.39, 0.29) is 12.9 Å². The van der Waals surface area contributed by atoms with Crippen LogP contribution < -0.4 is 9.47 Å². The number of ether oxygens (including phenoxy) is 3. The Morgan fingerprint density at radius 2 is 2.04 bits per heavy atom. The first-order valence-electron chi connectivity index (χ1n) is 9.63. The number of fused-ring (bicyclic) bond motifs is 2. The van der Waals surface area contributed by atoms with Gasteiger partial charge < -0.3 is 19.3 Å². The number of benzene rings is 2. The van der Waals surface area contributed by atoms with E-state index in [1.807, 2.05) is 25.2 Å². The normalized spacial score (nSPS) is 19.1. The van der Waals surface area contributed by atoms with Gasteiger partial charge in [0.25, 0.3) is 0 Å². The number of aliphatic hydroxyl groups is 1. The Hall–Kier alpha value is -2.08. The van der Waals surface area contributed by atoms with Crippen molar-refractivity contribution in [3.05, 3.63) is 59.2 Å². The highest BCUT2D eigenvalue weighted by atomic mass is 16.7. The first-order chi connectivity index (χ1) is 13.2. The smallest absolute Gasteiger partial charge is 0.231 e. The molecule has 2 aromatic rings. The van der Waals surface area contributed by atoms with Gasteiger partial charge in [0.15, 0.2) is 11.5 Å². The largest absolute Gasteiger partial charge is 0.454 e. The molecule has 5 nitrogen and oxygen atoms in total. The lowest BCUT2D eigenvalue weighted by molar-refractivity contribution is -0.0265. The van der Waals surface area contributed by atoms with E-state index < -0.39 is 6.10 Å². The zero-order valence-electron chi connectivity index (χ0n) is 15.8. The lowest BCUT2D eigenvalue weighted by atomic mass is 9.89. The molecule has 144 valence electrons. The molecule has 2 aromatic carbocycles. The molecule has 5 heteroatoms. The summed E-state index contributed by atoms with van der Waals surface area (Å²) < 4.78 is 16.8. The van der Waals surface area contributed by atoms with Crippen LogP contribution in [0.2, 0.25) is 0 Å². The molecule has 0 spiro atoms. The van der Waals surface area contributed by atoms with Crippen LogP contribution in [0.4, 0.5) is 0 Å². The maximum Gasteiger partial charge on any atom is 0.231 e. The zero-order valence-corrected chi connectivity index (χ0v) is 15.8. The molecule has 0 saturated heterocycles. The van der Waals surface area contributed by atoms with E-state index in [1.54, 1.807) is 0 Å². The van der Waals surface area contributed by atoms with E-state index in [2.05, 4.69) is 29.2 Å². The molecule has 4 rings (SSSR count). The van der Waals surface area contributed by atoms with Gasteiger partial charge in [-0.05, 0) is 55.1 Å². The first-order valence-corrected chi connectivity index (χ1v) is 9.63. The number of likely N-dealkylation sites (N-methyl/N-ethyl adjacent to an activating group) is 1. The van der Waals surface area contributed by atoms with Gasteiger partial charge in [-0.1, -0.05) is 30.3 Å². The summed E-state index contributed by atoms with van der Waals surface area (Å²) in [7, 11) is 2.00. The topological polar surface area (TPSA) is 51.2 Å². The number of nitrogens with zero attached hydrogens (tertiary/aromatic N) is 1. The number of aliphatic hydroxyl groups excluding tert-OH is 1. The minimum Gasteiger partial charge on any atom is -0.454 e. The van der Waals surface area contributed by atoms with E-state index in [1.165, 1.54) is 11.1 Å². The second-order valence-corrected chi connectivity index (χ2v) is 7.45. The molecule has 0 saturated carbocycles. The maximum atomic E-state index is 10.4. The molecule has 1 aliphatic heterocycles. The van der Waals surface area contributed by atoms with Gasteiger partial charge in [0, 0.05) is 13.1 Å². The summed E-state index contributed by atoms with van der Waals surface area (Å²) in [6.07, 6.45) is 2.87. The van der Waals surface area contributed by atoms with Crippen molar-refractivity contribution in [2.75, 3.05) is 27.0 Å². The Kier molecular flexibility index (Phi) is 5.62. The molecule has 0 radical (unpaired) electrons. The van der Waals surface area contributed by atoms with Crippen molar-refractivity contribution in [2.45, 2.75) is 38.0 Å². The van der Waals surface area contributed by atoms with Gasteiger partial charge in [0.05, 0.1) is 18.8 Å². The van der Waals surface area contributed by atoms with Crippen molar-refractivity contribution < 1.29 is 19.3 Å². The van der Waals surface area contributed by atoms with Crippen LogP contribution in [0.25, 0.3) is 0 Å². The van der Waals surface area contributed by atoms with Crippen molar-refractivity contribution in [1.82, 2.24) is 4.90 Å². The molecule has 2 unspecified atom stereocenters. The van der Waals surface area contributed by atoms with Crippen molar-refractivity contribution in [3.63, 3.8) is 0 Å². The molecular formula is C22H27NO4. The fraction of sp³-hybridized carbons (Fsp3) is 0.455. The Bertz CT molecular complexity index is 779. The Labute approximate surface area is 160 Å². The lowest BCUT2D eigenvalue weighted by Gasteiger charge is -2.27. The van der Waals surface area contributed by atoms with Gasteiger partial charge in [0.1, 0.15) is 0 Å². The van der Waals surface area contributed by atoms with Crippen LogP contribution in [0.3, 0.4) is 0 Å². The number of aryl methyl sites for hydroxylation is 1. The summed E-state index contributed by atoms with van der Waals surface area (Å²) in [4.78, 5) is 2.10. The van der Waals surface area contributed by atoms with Gasteiger partial charge in [-0.15, -0.1) is 0 Å². The predicted molar refractivity (Wildman–Crippen MR) is 103 cm³/mol. The van der Waals surface area contributed by atoms with Crippen LogP contribution in [0, 0.1) is 0 Å². The fourth-order valence-electron chi connectivity index (χ4n) is 3.94. The van der Waals surface area contributed by atoms with Gasteiger partial charge in [-0.3, -0.25) is 4.90 Å². The van der Waals surface area contributed by atoms with Crippen LogP contribution in [-0.2, 0) is 17.7 Å². The standard InChI is InChI=1S/C22H27NO4/c1-23(12-16-9-10-21-22(11-16)27-15-26-21)13-18(24)14-25-20-8-4-6-17-5-2-3-7-19(17)20/h2-3,5,7,9-11,18,20,24H,4,6,8,12-15H2,1H3. The minimum absolute atomic E-state index is 0.101. The average Bonchev–Trinajstić information content (AvgIpc) is 3.14. The summed E-state index contributed by atoms with van der Waals surface area (Å²) >= 11 is 0. The number of hydrogen-bond donors (Lipinski definition) is 1. The van der Waals surface area contributed by atoms with Crippen LogP contribution in [0.5, 0.6) is 11.5 Å². The third-order valence-electron chi connectivity index (χ3n) is 5.22. The maximum absolute atomic E-state index is 10.4. The van der Waals surface area contributed by atoms with Gasteiger partial charge in [-0.2, -0.15) is 0 Å².